The van der Waals surface area contributed by atoms with E-state index in [0.29, 0.717) is 24.3 Å². The summed E-state index contributed by atoms with van der Waals surface area (Å²) in [6.45, 7) is 1.92. The number of nitriles is 1. The summed E-state index contributed by atoms with van der Waals surface area (Å²) < 4.78 is 5.91. The number of fused-ring (bicyclic) bond motifs is 1. The van der Waals surface area contributed by atoms with Gasteiger partial charge in [-0.2, -0.15) is 5.26 Å². The fourth-order valence-electron chi connectivity index (χ4n) is 2.75. The van der Waals surface area contributed by atoms with Gasteiger partial charge in [-0.3, -0.25) is 4.79 Å². The van der Waals surface area contributed by atoms with E-state index < -0.39 is 6.10 Å². The lowest BCUT2D eigenvalue weighted by molar-refractivity contribution is -0.122. The van der Waals surface area contributed by atoms with Crippen molar-refractivity contribution < 1.29 is 9.53 Å². The molecule has 0 saturated heterocycles. The van der Waals surface area contributed by atoms with E-state index >= 15 is 0 Å². The molecule has 1 atom stereocenters. The molecule has 1 amide bonds. The van der Waals surface area contributed by atoms with Crippen LogP contribution in [0.2, 0.25) is 0 Å². The van der Waals surface area contributed by atoms with Crippen molar-refractivity contribution in [3.63, 3.8) is 0 Å². The molecule has 26 heavy (non-hydrogen) atoms. The lowest BCUT2D eigenvalue weighted by Crippen LogP contribution is -2.32. The van der Waals surface area contributed by atoms with Gasteiger partial charge in [-0.1, -0.05) is 49.4 Å². The molecule has 130 valence electrons. The number of amides is 1. The standard InChI is InChI=1S/C22H20N2O2/c1-2-21(22(25)24-19-10-7-16(8-11-19)13-14-23)26-20-12-9-17-5-3-4-6-18(17)15-20/h3-12,15,21H,2,13H2,1H3,(H,24,25)/t21-/m1/s1. The summed E-state index contributed by atoms with van der Waals surface area (Å²) in [4.78, 5) is 12.5. The van der Waals surface area contributed by atoms with Crippen LogP contribution in [-0.4, -0.2) is 12.0 Å². The van der Waals surface area contributed by atoms with Crippen molar-refractivity contribution in [3.8, 4) is 11.8 Å². The third-order valence-corrected chi connectivity index (χ3v) is 4.17. The molecule has 0 aliphatic rings. The fraction of sp³-hybridized carbons (Fsp3) is 0.182. The Labute approximate surface area is 153 Å². The van der Waals surface area contributed by atoms with Crippen molar-refractivity contribution in [1.29, 1.82) is 5.26 Å². The molecule has 4 heteroatoms. The molecule has 0 radical (unpaired) electrons. The van der Waals surface area contributed by atoms with Crippen molar-refractivity contribution in [2.75, 3.05) is 5.32 Å². The van der Waals surface area contributed by atoms with Gasteiger partial charge in [0.15, 0.2) is 6.10 Å². The highest BCUT2D eigenvalue weighted by atomic mass is 16.5. The van der Waals surface area contributed by atoms with Crippen molar-refractivity contribution in [3.05, 3.63) is 72.3 Å². The predicted octanol–water partition coefficient (Wildman–Crippen LogP) is 4.70. The number of nitrogens with one attached hydrogen (secondary N) is 1. The van der Waals surface area contributed by atoms with E-state index in [4.69, 9.17) is 10.00 Å². The largest absolute Gasteiger partial charge is 0.481 e. The van der Waals surface area contributed by atoms with E-state index in [2.05, 4.69) is 11.4 Å². The average molecular weight is 344 g/mol. The lowest BCUT2D eigenvalue weighted by Gasteiger charge is -2.18. The molecule has 0 bridgehead atoms. The van der Waals surface area contributed by atoms with Crippen molar-refractivity contribution in [2.45, 2.75) is 25.9 Å². The number of anilines is 1. The quantitative estimate of drug-likeness (QED) is 0.705. The molecule has 0 fully saturated rings. The molecule has 0 aliphatic carbocycles. The Hall–Kier alpha value is -3.32. The Bertz CT molecular complexity index is 942. The normalized spacial score (nSPS) is 11.5. The zero-order valence-corrected chi connectivity index (χ0v) is 14.6. The van der Waals surface area contributed by atoms with Gasteiger partial charge in [0.05, 0.1) is 12.5 Å². The molecule has 0 unspecified atom stereocenters. The molecule has 0 aliphatic heterocycles. The SMILES string of the molecule is CC[C@@H](Oc1ccc2ccccc2c1)C(=O)Nc1ccc(CC#N)cc1. The Kier molecular flexibility index (Phi) is 5.50. The van der Waals surface area contributed by atoms with Crippen LogP contribution in [0.5, 0.6) is 5.75 Å². The Morgan fingerprint density at radius 1 is 1.08 bits per heavy atom. The first kappa shape index (κ1) is 17.5. The number of hydrogen-bond acceptors (Lipinski definition) is 3. The third kappa shape index (κ3) is 4.20. The number of carbonyl (C=O) groups excluding carboxylic acids is 1. The summed E-state index contributed by atoms with van der Waals surface area (Å²) in [6, 6.07) is 23.2. The van der Waals surface area contributed by atoms with Crippen LogP contribution in [0.15, 0.2) is 66.7 Å². The monoisotopic (exact) mass is 344 g/mol. The average Bonchev–Trinajstić information content (AvgIpc) is 2.67. The van der Waals surface area contributed by atoms with Crippen LogP contribution in [0, 0.1) is 11.3 Å². The van der Waals surface area contributed by atoms with Gasteiger partial charge in [0.1, 0.15) is 5.75 Å². The summed E-state index contributed by atoms with van der Waals surface area (Å²) >= 11 is 0. The number of carbonyl (C=O) groups is 1. The van der Waals surface area contributed by atoms with E-state index in [-0.39, 0.29) is 5.91 Å². The minimum Gasteiger partial charge on any atom is -0.481 e. The Morgan fingerprint density at radius 3 is 2.50 bits per heavy atom. The summed E-state index contributed by atoms with van der Waals surface area (Å²) in [5, 5.41) is 13.8. The van der Waals surface area contributed by atoms with E-state index in [0.717, 1.165) is 16.3 Å². The van der Waals surface area contributed by atoms with Crippen LogP contribution >= 0.6 is 0 Å². The summed E-state index contributed by atoms with van der Waals surface area (Å²) in [7, 11) is 0. The van der Waals surface area contributed by atoms with Crippen LogP contribution in [0.4, 0.5) is 5.69 Å². The number of ether oxygens (including phenoxy) is 1. The third-order valence-electron chi connectivity index (χ3n) is 4.17. The van der Waals surface area contributed by atoms with Crippen LogP contribution in [-0.2, 0) is 11.2 Å². The van der Waals surface area contributed by atoms with Crippen molar-refractivity contribution >= 4 is 22.4 Å². The highest BCUT2D eigenvalue weighted by Crippen LogP contribution is 2.22. The van der Waals surface area contributed by atoms with Gasteiger partial charge in [-0.05, 0) is 47.0 Å². The molecule has 3 rings (SSSR count). The van der Waals surface area contributed by atoms with Gasteiger partial charge in [0, 0.05) is 5.69 Å². The molecule has 4 nitrogen and oxygen atoms in total. The summed E-state index contributed by atoms with van der Waals surface area (Å²) in [5.74, 6) is 0.490. The predicted molar refractivity (Wildman–Crippen MR) is 103 cm³/mol. The first-order chi connectivity index (χ1) is 12.7. The van der Waals surface area contributed by atoms with Crippen LogP contribution in [0.25, 0.3) is 10.8 Å². The molecule has 0 spiro atoms. The smallest absolute Gasteiger partial charge is 0.265 e. The van der Waals surface area contributed by atoms with Crippen LogP contribution in [0.3, 0.4) is 0 Å². The molecule has 0 heterocycles. The van der Waals surface area contributed by atoms with Crippen molar-refractivity contribution in [2.24, 2.45) is 0 Å². The molecular weight excluding hydrogens is 324 g/mol. The molecule has 1 N–H and O–H groups in total. The number of nitrogens with zero attached hydrogens (tertiary/aromatic N) is 1. The van der Waals surface area contributed by atoms with E-state index in [9.17, 15) is 4.79 Å². The minimum atomic E-state index is -0.574. The maximum absolute atomic E-state index is 12.5. The highest BCUT2D eigenvalue weighted by Gasteiger charge is 2.18. The zero-order chi connectivity index (χ0) is 18.4. The first-order valence-electron chi connectivity index (χ1n) is 8.62. The maximum atomic E-state index is 12.5. The molecule has 0 saturated carbocycles. The van der Waals surface area contributed by atoms with Gasteiger partial charge < -0.3 is 10.1 Å². The van der Waals surface area contributed by atoms with E-state index in [1.54, 1.807) is 12.1 Å². The Morgan fingerprint density at radius 2 is 1.81 bits per heavy atom. The fourth-order valence-corrected chi connectivity index (χ4v) is 2.75. The second-order valence-corrected chi connectivity index (χ2v) is 6.04. The van der Waals surface area contributed by atoms with Gasteiger partial charge in [-0.15, -0.1) is 0 Å². The topological polar surface area (TPSA) is 62.1 Å². The molecular formula is C22H20N2O2. The van der Waals surface area contributed by atoms with Crippen LogP contribution in [0.1, 0.15) is 18.9 Å². The molecule has 0 aromatic heterocycles. The second-order valence-electron chi connectivity index (χ2n) is 6.04. The van der Waals surface area contributed by atoms with E-state index in [1.165, 1.54) is 0 Å². The van der Waals surface area contributed by atoms with Gasteiger partial charge >= 0.3 is 0 Å². The molecule has 3 aromatic rings. The highest BCUT2D eigenvalue weighted by molar-refractivity contribution is 5.94. The van der Waals surface area contributed by atoms with Gasteiger partial charge in [-0.25, -0.2) is 0 Å². The van der Waals surface area contributed by atoms with Gasteiger partial charge in [0.2, 0.25) is 0 Å². The summed E-state index contributed by atoms with van der Waals surface area (Å²) in [5.41, 5.74) is 1.61. The van der Waals surface area contributed by atoms with Crippen molar-refractivity contribution in [1.82, 2.24) is 0 Å². The zero-order valence-electron chi connectivity index (χ0n) is 14.6. The summed E-state index contributed by atoms with van der Waals surface area (Å²) in [6.07, 6.45) is 0.345. The minimum absolute atomic E-state index is 0.186. The maximum Gasteiger partial charge on any atom is 0.265 e. The number of hydrogen-bond donors (Lipinski definition) is 1. The Balaban J connectivity index is 1.68. The van der Waals surface area contributed by atoms with Gasteiger partial charge in [0.25, 0.3) is 5.91 Å². The first-order valence-corrected chi connectivity index (χ1v) is 8.62. The second kappa shape index (κ2) is 8.17. The molecule has 3 aromatic carbocycles. The number of rotatable bonds is 6. The van der Waals surface area contributed by atoms with Crippen LogP contribution < -0.4 is 10.1 Å². The van der Waals surface area contributed by atoms with E-state index in [1.807, 2.05) is 61.5 Å². The lowest BCUT2D eigenvalue weighted by atomic mass is 10.1. The number of benzene rings is 3.